The predicted octanol–water partition coefficient (Wildman–Crippen LogP) is 4.55. The van der Waals surface area contributed by atoms with Gasteiger partial charge in [0.1, 0.15) is 16.5 Å². The van der Waals surface area contributed by atoms with Crippen LogP contribution in [0.4, 0.5) is 20.7 Å². The van der Waals surface area contributed by atoms with Gasteiger partial charge in [0, 0.05) is 30.6 Å². The second-order valence-corrected chi connectivity index (χ2v) is 12.3. The molecule has 1 amide bonds. The van der Waals surface area contributed by atoms with Gasteiger partial charge >= 0.3 is 17.7 Å². The number of carbonyl (C=O) groups excluding carboxylic acids is 2. The molecule has 39 heavy (non-hydrogen) atoms. The van der Waals surface area contributed by atoms with Crippen LogP contribution in [0.3, 0.4) is 0 Å². The summed E-state index contributed by atoms with van der Waals surface area (Å²) in [5.41, 5.74) is -2.93. The van der Waals surface area contributed by atoms with Crippen molar-refractivity contribution in [2.24, 2.45) is 0 Å². The quantitative estimate of drug-likeness (QED) is 0.212. The Morgan fingerprint density at radius 1 is 1.33 bits per heavy atom. The molecule has 0 spiro atoms. The molecule has 1 aromatic heterocycles. The van der Waals surface area contributed by atoms with Crippen molar-refractivity contribution in [1.82, 2.24) is 15.2 Å². The van der Waals surface area contributed by atoms with Gasteiger partial charge in [-0.25, -0.2) is 14.2 Å². The van der Waals surface area contributed by atoms with Crippen molar-refractivity contribution in [2.75, 3.05) is 39.2 Å². The van der Waals surface area contributed by atoms with Crippen molar-refractivity contribution in [3.8, 4) is 0 Å². The van der Waals surface area contributed by atoms with E-state index in [0.717, 1.165) is 0 Å². The van der Waals surface area contributed by atoms with Crippen molar-refractivity contribution >= 4 is 62.0 Å². The molecule has 212 valence electrons. The number of esters is 1. The Labute approximate surface area is 238 Å². The molecule has 1 saturated heterocycles. The minimum absolute atomic E-state index is 0.0296. The van der Waals surface area contributed by atoms with Crippen molar-refractivity contribution in [2.45, 2.75) is 56.7 Å². The molecule has 0 bridgehead atoms. The zero-order valence-corrected chi connectivity index (χ0v) is 24.8. The summed E-state index contributed by atoms with van der Waals surface area (Å²) < 4.78 is 26.0. The van der Waals surface area contributed by atoms with Crippen LogP contribution >= 0.6 is 27.5 Å². The lowest BCUT2D eigenvalue weighted by molar-refractivity contribution is -0.385. The minimum Gasteiger partial charge on any atom is -0.468 e. The maximum absolute atomic E-state index is 15.6. The highest BCUT2D eigenvalue weighted by Gasteiger charge is 2.58. The number of pyridine rings is 1. The van der Waals surface area contributed by atoms with Gasteiger partial charge in [-0.15, -0.1) is 0 Å². The molecule has 2 fully saturated rings. The molecule has 2 heterocycles. The van der Waals surface area contributed by atoms with Gasteiger partial charge in [-0.1, -0.05) is 11.6 Å². The number of halogens is 3. The van der Waals surface area contributed by atoms with Gasteiger partial charge in [0.25, 0.3) is 0 Å². The molecule has 4 rings (SSSR count). The van der Waals surface area contributed by atoms with Crippen LogP contribution < -0.4 is 10.2 Å². The summed E-state index contributed by atoms with van der Waals surface area (Å²) in [6.07, 6.45) is -0.754. The number of nitrogens with one attached hydrogen (secondary N) is 1. The Kier molecular flexibility index (Phi) is 7.74. The number of carbonyl (C=O) groups is 2. The molecule has 0 atom stereocenters. The Morgan fingerprint density at radius 3 is 2.46 bits per heavy atom. The Morgan fingerprint density at radius 2 is 1.95 bits per heavy atom. The van der Waals surface area contributed by atoms with Crippen LogP contribution in [0.25, 0.3) is 10.9 Å². The highest BCUT2D eigenvalue weighted by Crippen LogP contribution is 2.54. The Bertz CT molecular complexity index is 1360. The normalized spacial score (nSPS) is 21.4. The maximum Gasteiger partial charge on any atom is 0.407 e. The van der Waals surface area contributed by atoms with E-state index in [9.17, 15) is 19.7 Å². The fourth-order valence-electron chi connectivity index (χ4n) is 5.14. The number of hydrogen-bond acceptors (Lipinski definition) is 9. The number of aromatic nitrogens is 1. The summed E-state index contributed by atoms with van der Waals surface area (Å²) in [6.45, 7) is 6.00. The number of nitro groups is 1. The van der Waals surface area contributed by atoms with Gasteiger partial charge in [0.05, 0.1) is 27.1 Å². The number of alkyl carbamates (subject to hydrolysis) is 1. The molecule has 1 aliphatic heterocycles. The number of methoxy groups -OCH3 is 1. The fraction of sp³-hybridized carbons (Fsp3) is 0.560. The van der Waals surface area contributed by atoms with Crippen LogP contribution in [0.15, 0.2) is 10.5 Å². The first-order chi connectivity index (χ1) is 18.1. The van der Waals surface area contributed by atoms with E-state index in [-0.39, 0.29) is 50.7 Å². The van der Waals surface area contributed by atoms with Crippen molar-refractivity contribution in [3.63, 3.8) is 0 Å². The summed E-state index contributed by atoms with van der Waals surface area (Å²) >= 11 is 9.41. The summed E-state index contributed by atoms with van der Waals surface area (Å²) in [5, 5.41) is 15.3. The van der Waals surface area contributed by atoms with Gasteiger partial charge < -0.3 is 24.6 Å². The first-order valence-corrected chi connectivity index (χ1v) is 13.4. The van der Waals surface area contributed by atoms with Crippen LogP contribution in [0.1, 0.15) is 39.2 Å². The number of rotatable bonds is 6. The summed E-state index contributed by atoms with van der Waals surface area (Å²) in [6, 6.07) is 0.928. The molecule has 1 saturated carbocycles. The van der Waals surface area contributed by atoms with Crippen LogP contribution in [0.2, 0.25) is 5.02 Å². The zero-order valence-electron chi connectivity index (χ0n) is 22.4. The van der Waals surface area contributed by atoms with E-state index >= 15 is 4.39 Å². The fourth-order valence-corrected chi connectivity index (χ4v) is 5.64. The largest absolute Gasteiger partial charge is 0.468 e. The van der Waals surface area contributed by atoms with E-state index in [1.54, 1.807) is 25.7 Å². The van der Waals surface area contributed by atoms with Gasteiger partial charge in [-0.2, -0.15) is 0 Å². The average molecular weight is 631 g/mol. The molecule has 2 aromatic rings. The van der Waals surface area contributed by atoms with E-state index in [4.69, 9.17) is 21.1 Å². The maximum atomic E-state index is 15.6. The summed E-state index contributed by atoms with van der Waals surface area (Å²) in [4.78, 5) is 45.9. The van der Waals surface area contributed by atoms with Crippen molar-refractivity contribution < 1.29 is 28.4 Å². The van der Waals surface area contributed by atoms with Crippen LogP contribution in [-0.2, 0) is 19.7 Å². The number of hydrogen-bond donors (Lipinski definition) is 1. The lowest BCUT2D eigenvalue weighted by Crippen LogP contribution is -2.59. The molecule has 1 aromatic carbocycles. The number of anilines is 1. The van der Waals surface area contributed by atoms with Crippen molar-refractivity contribution in [1.29, 1.82) is 0 Å². The predicted molar refractivity (Wildman–Crippen MR) is 147 cm³/mol. The average Bonchev–Trinajstić information content (AvgIpc) is 2.76. The van der Waals surface area contributed by atoms with E-state index in [0.29, 0.717) is 13.1 Å². The smallest absolute Gasteiger partial charge is 0.407 e. The van der Waals surface area contributed by atoms with Crippen LogP contribution in [0, 0.1) is 15.9 Å². The number of ether oxygens (including phenoxy) is 2. The monoisotopic (exact) mass is 629 g/mol. The summed E-state index contributed by atoms with van der Waals surface area (Å²) in [7, 11) is 4.97. The third-order valence-corrected chi connectivity index (χ3v) is 8.41. The molecule has 14 heteroatoms. The molecular formula is C25H30BrClFN5O6. The topological polar surface area (TPSA) is 127 Å². The van der Waals surface area contributed by atoms with Crippen LogP contribution in [0.5, 0.6) is 0 Å². The lowest BCUT2D eigenvalue weighted by Gasteiger charge is -2.47. The van der Waals surface area contributed by atoms with Gasteiger partial charge in [-0.05, 0) is 69.7 Å². The minimum atomic E-state index is -1.57. The number of amides is 1. The highest BCUT2D eigenvalue weighted by molar-refractivity contribution is 9.10. The second kappa shape index (κ2) is 10.3. The van der Waals surface area contributed by atoms with Crippen LogP contribution in [-0.4, -0.2) is 78.8 Å². The molecule has 1 aliphatic carbocycles. The number of likely N-dealkylation sites (N-methyl/N-ethyl adjacent to an activating group) is 1. The first kappa shape index (κ1) is 29.2. The van der Waals surface area contributed by atoms with Crippen molar-refractivity contribution in [3.05, 3.63) is 37.1 Å². The summed E-state index contributed by atoms with van der Waals surface area (Å²) in [5.74, 6) is -1.59. The zero-order chi connectivity index (χ0) is 29.0. The molecule has 1 N–H and O–H groups in total. The van der Waals surface area contributed by atoms with E-state index in [1.807, 2.05) is 19.0 Å². The third-order valence-electron chi connectivity index (χ3n) is 7.11. The Hall–Kier alpha value is -2.77. The molecule has 0 radical (unpaired) electrons. The Balaban J connectivity index is 1.90. The van der Waals surface area contributed by atoms with E-state index in [2.05, 4.69) is 26.2 Å². The molecular weight excluding hydrogens is 601 g/mol. The number of benzene rings is 1. The third kappa shape index (κ3) is 5.23. The highest BCUT2D eigenvalue weighted by atomic mass is 79.9. The molecule has 0 unspecified atom stereocenters. The standard InChI is InChI=1S/C25H30BrClFN5O6/c1-24(2,3)39-23(35)29-12-8-25(9-12,22(34)38-6)16-14-7-15(27)17(26)18(28)19(14)30-21(20(16)33(36)37)32-10-13(11-32)31(4)5/h7,12-13H,8-11H2,1-6H3,(H,29,35). The van der Waals surface area contributed by atoms with E-state index in [1.165, 1.54) is 13.2 Å². The van der Waals surface area contributed by atoms with Gasteiger partial charge in [-0.3, -0.25) is 14.9 Å². The second-order valence-electron chi connectivity index (χ2n) is 11.1. The SMILES string of the molecule is COC(=O)C1(c2c([N+](=O)[O-])c(N3CC(N(C)C)C3)nc3c(F)c(Br)c(Cl)cc23)CC(NC(=O)OC(C)(C)C)C1. The number of fused-ring (bicyclic) bond motifs is 1. The lowest BCUT2D eigenvalue weighted by atomic mass is 9.60. The van der Waals surface area contributed by atoms with Gasteiger partial charge in [0.15, 0.2) is 5.82 Å². The molecule has 2 aliphatic rings. The van der Waals surface area contributed by atoms with Gasteiger partial charge in [0.2, 0.25) is 5.82 Å². The number of nitrogens with zero attached hydrogens (tertiary/aromatic N) is 4. The first-order valence-electron chi connectivity index (χ1n) is 12.2. The van der Waals surface area contributed by atoms with E-state index < -0.39 is 45.5 Å². The molecule has 11 nitrogen and oxygen atoms in total.